The Balaban J connectivity index is 1.36. The number of hydrogen-bond donors (Lipinski definition) is 1. The van der Waals surface area contributed by atoms with Crippen LogP contribution in [-0.4, -0.2) is 42.0 Å². The molecule has 1 fully saturated rings. The van der Waals surface area contributed by atoms with Gasteiger partial charge < -0.3 is 14.8 Å². The number of para-hydroxylation sites is 2. The maximum atomic E-state index is 14.2. The highest BCUT2D eigenvalue weighted by Crippen LogP contribution is 2.34. The fourth-order valence-electron chi connectivity index (χ4n) is 4.89. The SMILES string of the molecule is Cc1cccc(C(CC(=O)N2CCN(c3ccccc3F)CC2)c2c[nH]c3ccccc23)c1. The molecule has 0 spiro atoms. The maximum Gasteiger partial charge on any atom is 0.223 e. The Hall–Kier alpha value is -3.60. The number of aromatic nitrogens is 1. The van der Waals surface area contributed by atoms with E-state index in [9.17, 15) is 9.18 Å². The van der Waals surface area contributed by atoms with E-state index in [0.717, 1.165) is 22.0 Å². The number of aryl methyl sites for hydroxylation is 1. The van der Waals surface area contributed by atoms with Crippen molar-refractivity contribution in [3.05, 3.63) is 102 Å². The number of fused-ring (bicyclic) bond motifs is 1. The summed E-state index contributed by atoms with van der Waals surface area (Å²) >= 11 is 0. The summed E-state index contributed by atoms with van der Waals surface area (Å²) in [5.41, 5.74) is 5.17. The molecule has 33 heavy (non-hydrogen) atoms. The van der Waals surface area contributed by atoms with E-state index in [1.54, 1.807) is 12.1 Å². The van der Waals surface area contributed by atoms with Crippen molar-refractivity contribution in [2.24, 2.45) is 0 Å². The van der Waals surface area contributed by atoms with Crippen LogP contribution in [0.3, 0.4) is 0 Å². The van der Waals surface area contributed by atoms with E-state index >= 15 is 0 Å². The second-order valence-electron chi connectivity index (χ2n) is 8.78. The molecule has 1 aromatic heterocycles. The molecule has 4 nitrogen and oxygen atoms in total. The Morgan fingerprint density at radius 2 is 1.73 bits per heavy atom. The number of carbonyl (C=O) groups is 1. The standard InChI is InChI=1S/C28H28FN3O/c1-20-7-6-8-21(17-20)23(24-19-30-26-11-4-2-9-22(24)26)18-28(33)32-15-13-31(14-16-32)27-12-5-3-10-25(27)29/h2-12,17,19,23,30H,13-16,18H2,1H3. The Bertz CT molecular complexity index is 1270. The second kappa shape index (κ2) is 9.10. The van der Waals surface area contributed by atoms with Crippen LogP contribution in [0.25, 0.3) is 10.9 Å². The molecule has 0 bridgehead atoms. The molecule has 168 valence electrons. The van der Waals surface area contributed by atoms with Gasteiger partial charge in [-0.25, -0.2) is 4.39 Å². The molecular weight excluding hydrogens is 413 g/mol. The third-order valence-electron chi connectivity index (χ3n) is 6.65. The van der Waals surface area contributed by atoms with Crippen molar-refractivity contribution in [3.63, 3.8) is 0 Å². The summed E-state index contributed by atoms with van der Waals surface area (Å²) in [5, 5.41) is 1.15. The van der Waals surface area contributed by atoms with Gasteiger partial charge in [0.15, 0.2) is 0 Å². The van der Waals surface area contributed by atoms with Gasteiger partial charge in [0.25, 0.3) is 0 Å². The molecule has 1 aliphatic rings. The quantitative estimate of drug-likeness (QED) is 0.445. The van der Waals surface area contributed by atoms with Crippen LogP contribution in [0.2, 0.25) is 0 Å². The Morgan fingerprint density at radius 3 is 2.52 bits per heavy atom. The highest BCUT2D eigenvalue weighted by molar-refractivity contribution is 5.86. The topological polar surface area (TPSA) is 39.3 Å². The molecule has 4 aromatic rings. The minimum atomic E-state index is -0.212. The predicted octanol–water partition coefficient (Wildman–Crippen LogP) is 5.49. The molecular formula is C28H28FN3O. The van der Waals surface area contributed by atoms with E-state index in [1.165, 1.54) is 11.6 Å². The Morgan fingerprint density at radius 1 is 0.970 bits per heavy atom. The first-order valence-corrected chi connectivity index (χ1v) is 11.5. The summed E-state index contributed by atoms with van der Waals surface area (Å²) in [5.74, 6) is -0.103. The van der Waals surface area contributed by atoms with Crippen molar-refractivity contribution in [3.8, 4) is 0 Å². The summed E-state index contributed by atoms with van der Waals surface area (Å²) in [7, 11) is 0. The fourth-order valence-corrected chi connectivity index (χ4v) is 4.89. The highest BCUT2D eigenvalue weighted by atomic mass is 19.1. The van der Waals surface area contributed by atoms with Gasteiger partial charge >= 0.3 is 0 Å². The summed E-state index contributed by atoms with van der Waals surface area (Å²) in [6, 6.07) is 23.5. The van der Waals surface area contributed by atoms with Crippen LogP contribution in [0.5, 0.6) is 0 Å². The molecule has 5 heteroatoms. The average Bonchev–Trinajstić information content (AvgIpc) is 3.27. The fraction of sp³-hybridized carbons (Fsp3) is 0.250. The van der Waals surface area contributed by atoms with E-state index in [0.29, 0.717) is 38.3 Å². The van der Waals surface area contributed by atoms with E-state index in [2.05, 4.69) is 48.3 Å². The van der Waals surface area contributed by atoms with Gasteiger partial charge in [0.05, 0.1) is 5.69 Å². The van der Waals surface area contributed by atoms with Crippen LogP contribution in [-0.2, 0) is 4.79 Å². The van der Waals surface area contributed by atoms with Gasteiger partial charge in [-0.05, 0) is 36.2 Å². The molecule has 1 saturated heterocycles. The maximum absolute atomic E-state index is 14.2. The van der Waals surface area contributed by atoms with Crippen LogP contribution in [0.15, 0.2) is 79.0 Å². The van der Waals surface area contributed by atoms with Crippen molar-refractivity contribution in [1.29, 1.82) is 0 Å². The smallest absolute Gasteiger partial charge is 0.223 e. The summed E-state index contributed by atoms with van der Waals surface area (Å²) in [6.07, 6.45) is 2.45. The zero-order chi connectivity index (χ0) is 22.8. The normalized spacial score (nSPS) is 15.1. The lowest BCUT2D eigenvalue weighted by molar-refractivity contribution is -0.131. The number of H-pyrrole nitrogens is 1. The third-order valence-corrected chi connectivity index (χ3v) is 6.65. The number of nitrogens with zero attached hydrogens (tertiary/aromatic N) is 2. The lowest BCUT2D eigenvalue weighted by Crippen LogP contribution is -2.49. The van der Waals surface area contributed by atoms with Crippen molar-refractivity contribution < 1.29 is 9.18 Å². The molecule has 0 aliphatic carbocycles. The van der Waals surface area contributed by atoms with Crippen LogP contribution >= 0.6 is 0 Å². The molecule has 1 atom stereocenters. The van der Waals surface area contributed by atoms with Gasteiger partial charge in [0.2, 0.25) is 5.91 Å². The number of aromatic amines is 1. The minimum absolute atomic E-state index is 0.0295. The van der Waals surface area contributed by atoms with Crippen LogP contribution in [0.4, 0.5) is 10.1 Å². The van der Waals surface area contributed by atoms with E-state index < -0.39 is 0 Å². The lowest BCUT2D eigenvalue weighted by atomic mass is 9.87. The zero-order valence-corrected chi connectivity index (χ0v) is 18.8. The molecule has 2 heterocycles. The summed E-state index contributed by atoms with van der Waals surface area (Å²) < 4.78 is 14.2. The number of nitrogens with one attached hydrogen (secondary N) is 1. The minimum Gasteiger partial charge on any atom is -0.366 e. The number of anilines is 1. The first kappa shape index (κ1) is 21.3. The molecule has 5 rings (SSSR count). The number of carbonyl (C=O) groups excluding carboxylic acids is 1. The van der Waals surface area contributed by atoms with Gasteiger partial charge in [0, 0.05) is 55.6 Å². The van der Waals surface area contributed by atoms with Gasteiger partial charge in [0.1, 0.15) is 5.82 Å². The number of amides is 1. The van der Waals surface area contributed by atoms with Crippen molar-refractivity contribution in [2.75, 3.05) is 31.1 Å². The second-order valence-corrected chi connectivity index (χ2v) is 8.78. The molecule has 0 radical (unpaired) electrons. The number of halogens is 1. The zero-order valence-electron chi connectivity index (χ0n) is 18.8. The molecule has 1 amide bonds. The number of hydrogen-bond acceptors (Lipinski definition) is 2. The van der Waals surface area contributed by atoms with Gasteiger partial charge in [-0.1, -0.05) is 60.2 Å². The molecule has 3 aromatic carbocycles. The van der Waals surface area contributed by atoms with E-state index in [1.807, 2.05) is 34.2 Å². The molecule has 1 N–H and O–H groups in total. The Kier molecular flexibility index (Phi) is 5.86. The van der Waals surface area contributed by atoms with Crippen molar-refractivity contribution in [2.45, 2.75) is 19.3 Å². The molecule has 1 unspecified atom stereocenters. The van der Waals surface area contributed by atoms with Crippen molar-refractivity contribution in [1.82, 2.24) is 9.88 Å². The number of piperazine rings is 1. The number of benzene rings is 3. The highest BCUT2D eigenvalue weighted by Gasteiger charge is 2.27. The predicted molar refractivity (Wildman–Crippen MR) is 131 cm³/mol. The lowest BCUT2D eigenvalue weighted by Gasteiger charge is -2.36. The van der Waals surface area contributed by atoms with Crippen LogP contribution < -0.4 is 4.90 Å². The van der Waals surface area contributed by atoms with Gasteiger partial charge in [-0.2, -0.15) is 0 Å². The number of rotatable bonds is 5. The van der Waals surface area contributed by atoms with E-state index in [4.69, 9.17) is 0 Å². The largest absolute Gasteiger partial charge is 0.366 e. The summed E-state index contributed by atoms with van der Waals surface area (Å²) in [4.78, 5) is 20.7. The van der Waals surface area contributed by atoms with Gasteiger partial charge in [-0.15, -0.1) is 0 Å². The van der Waals surface area contributed by atoms with E-state index in [-0.39, 0.29) is 17.6 Å². The first-order chi connectivity index (χ1) is 16.1. The van der Waals surface area contributed by atoms with Gasteiger partial charge in [-0.3, -0.25) is 4.79 Å². The third kappa shape index (κ3) is 4.36. The van der Waals surface area contributed by atoms with Crippen LogP contribution in [0.1, 0.15) is 29.0 Å². The monoisotopic (exact) mass is 441 g/mol. The Labute approximate surface area is 193 Å². The molecule has 1 aliphatic heterocycles. The van der Waals surface area contributed by atoms with Crippen LogP contribution in [0, 0.1) is 12.7 Å². The molecule has 0 saturated carbocycles. The summed E-state index contributed by atoms with van der Waals surface area (Å²) in [6.45, 7) is 4.55. The average molecular weight is 442 g/mol. The first-order valence-electron chi connectivity index (χ1n) is 11.5. The van der Waals surface area contributed by atoms with Crippen molar-refractivity contribution >= 4 is 22.5 Å².